The molecule has 0 saturated carbocycles. The van der Waals surface area contributed by atoms with E-state index in [-0.39, 0.29) is 4.45 Å². The molecule has 0 aromatic rings. The van der Waals surface area contributed by atoms with Crippen molar-refractivity contribution in [3.8, 4) is 0 Å². The Bertz CT molecular complexity index is 155. The molecular weight excluding hydrogens is 215 g/mol. The summed E-state index contributed by atoms with van der Waals surface area (Å²) in [5.41, 5.74) is 0. The Morgan fingerprint density at radius 2 is 1.83 bits per heavy atom. The molecule has 0 spiro atoms. The zero-order valence-corrected chi connectivity index (χ0v) is 10.2. The fraction of sp³-hybridized carbons (Fsp3) is 0.857. The molecule has 0 aliphatic carbocycles. The molecule has 1 unspecified atom stereocenters. The highest BCUT2D eigenvalue weighted by Gasteiger charge is 2.24. The first-order valence-electron chi connectivity index (χ1n) is 3.79. The fourth-order valence-electron chi connectivity index (χ4n) is 0.752. The first-order chi connectivity index (χ1) is 5.60. The molecule has 0 saturated heterocycles. The molecule has 1 atom stereocenters. The smallest absolute Gasteiger partial charge is 0.145 e. The van der Waals surface area contributed by atoms with E-state index in [1.165, 1.54) is 11.8 Å². The van der Waals surface area contributed by atoms with E-state index in [2.05, 4.69) is 6.30 Å². The highest BCUT2D eigenvalue weighted by molar-refractivity contribution is 8.07. The first kappa shape index (κ1) is 12.9. The average Bonchev–Trinajstić information content (AvgIpc) is 2.04. The summed E-state index contributed by atoms with van der Waals surface area (Å²) in [5, 5.41) is 0. The van der Waals surface area contributed by atoms with Crippen molar-refractivity contribution in [3.05, 3.63) is 0 Å². The number of hydrogen-bond acceptors (Lipinski definition) is 3. The van der Waals surface area contributed by atoms with Gasteiger partial charge in [0.2, 0.25) is 0 Å². The van der Waals surface area contributed by atoms with Crippen molar-refractivity contribution in [3.63, 3.8) is 0 Å². The minimum atomic E-state index is -2.08. The van der Waals surface area contributed by atoms with Crippen LogP contribution in [-0.4, -0.2) is 30.2 Å². The molecule has 0 heterocycles. The molecule has 0 amide bonds. The van der Waals surface area contributed by atoms with Crippen LogP contribution in [0.5, 0.6) is 0 Å². The highest BCUT2D eigenvalue weighted by Crippen LogP contribution is 2.57. The van der Waals surface area contributed by atoms with E-state index in [0.29, 0.717) is 13.2 Å². The summed E-state index contributed by atoms with van der Waals surface area (Å²) < 4.78 is 10.7. The standard InChI is InChI=1S/C7H16ClO2PS/c1-5-9-11(3,10-6-2)7(8)12-4/h7H,3,5-6H2,1-2,4H3. The van der Waals surface area contributed by atoms with Crippen molar-refractivity contribution in [1.82, 2.24) is 0 Å². The van der Waals surface area contributed by atoms with Crippen molar-refractivity contribution >= 4 is 37.0 Å². The van der Waals surface area contributed by atoms with Gasteiger partial charge in [-0.2, -0.15) is 0 Å². The second-order valence-electron chi connectivity index (χ2n) is 2.09. The van der Waals surface area contributed by atoms with Crippen molar-refractivity contribution < 1.29 is 9.05 Å². The Kier molecular flexibility index (Phi) is 6.79. The van der Waals surface area contributed by atoms with Gasteiger partial charge >= 0.3 is 0 Å². The molecule has 0 aromatic carbocycles. The quantitative estimate of drug-likeness (QED) is 0.516. The number of hydrogen-bond donors (Lipinski definition) is 0. The van der Waals surface area contributed by atoms with Crippen LogP contribution >= 0.6 is 30.7 Å². The van der Waals surface area contributed by atoms with Crippen molar-refractivity contribution in [2.75, 3.05) is 19.5 Å². The molecule has 74 valence electrons. The predicted molar refractivity (Wildman–Crippen MR) is 60.4 cm³/mol. The zero-order valence-electron chi connectivity index (χ0n) is 7.75. The Morgan fingerprint density at radius 3 is 2.08 bits per heavy atom. The summed E-state index contributed by atoms with van der Waals surface area (Å²) in [6.45, 7) is 5.04. The number of rotatable bonds is 6. The van der Waals surface area contributed by atoms with Gasteiger partial charge in [0.05, 0.1) is 13.2 Å². The minimum Gasteiger partial charge on any atom is -0.336 e. The lowest BCUT2D eigenvalue weighted by molar-refractivity contribution is 0.267. The van der Waals surface area contributed by atoms with Crippen LogP contribution in [0.2, 0.25) is 0 Å². The molecule has 0 bridgehead atoms. The molecule has 0 fully saturated rings. The first-order valence-corrected chi connectivity index (χ1v) is 7.40. The summed E-state index contributed by atoms with van der Waals surface area (Å²) >= 11 is 7.54. The van der Waals surface area contributed by atoms with E-state index < -0.39 is 7.34 Å². The number of thioether (sulfide) groups is 1. The van der Waals surface area contributed by atoms with Gasteiger partial charge in [-0.25, -0.2) is 0 Å². The molecule has 0 aromatic heterocycles. The second-order valence-corrected chi connectivity index (χ2v) is 6.87. The van der Waals surface area contributed by atoms with Crippen molar-refractivity contribution in [1.29, 1.82) is 0 Å². The molecule has 5 heteroatoms. The Morgan fingerprint density at radius 1 is 1.42 bits per heavy atom. The summed E-state index contributed by atoms with van der Waals surface area (Å²) in [7, 11) is -2.08. The van der Waals surface area contributed by atoms with Gasteiger partial charge in [-0.3, -0.25) is 0 Å². The van der Waals surface area contributed by atoms with Gasteiger partial charge in [-0.05, 0) is 26.4 Å². The van der Waals surface area contributed by atoms with Gasteiger partial charge in [-0.1, -0.05) is 0 Å². The van der Waals surface area contributed by atoms with E-state index in [9.17, 15) is 0 Å². The summed E-state index contributed by atoms with van der Waals surface area (Å²) in [4.78, 5) is 0. The highest BCUT2D eigenvalue weighted by atomic mass is 35.5. The van der Waals surface area contributed by atoms with E-state index in [1.807, 2.05) is 20.1 Å². The number of halogens is 1. The van der Waals surface area contributed by atoms with Crippen LogP contribution in [0.25, 0.3) is 0 Å². The topological polar surface area (TPSA) is 18.5 Å². The summed E-state index contributed by atoms with van der Waals surface area (Å²) in [6, 6.07) is 0. The monoisotopic (exact) mass is 230 g/mol. The van der Waals surface area contributed by atoms with E-state index in [4.69, 9.17) is 20.6 Å². The Balaban J connectivity index is 4.27. The van der Waals surface area contributed by atoms with Crippen LogP contribution in [0.1, 0.15) is 13.8 Å². The SMILES string of the molecule is C=P(OCC)(OCC)C(Cl)SC. The molecule has 0 aliphatic heterocycles. The molecule has 12 heavy (non-hydrogen) atoms. The largest absolute Gasteiger partial charge is 0.336 e. The molecule has 0 rings (SSSR count). The minimum absolute atomic E-state index is 0.169. The lowest BCUT2D eigenvalue weighted by Crippen LogP contribution is -2.04. The maximum absolute atomic E-state index is 6.03. The molecular formula is C7H16ClO2PS. The lowest BCUT2D eigenvalue weighted by atomic mass is 10.9. The summed E-state index contributed by atoms with van der Waals surface area (Å²) in [6.07, 6.45) is 5.86. The van der Waals surface area contributed by atoms with E-state index in [1.54, 1.807) is 0 Å². The van der Waals surface area contributed by atoms with Crippen LogP contribution in [0, 0.1) is 0 Å². The van der Waals surface area contributed by atoms with Crippen molar-refractivity contribution in [2.45, 2.75) is 18.3 Å². The maximum Gasteiger partial charge on any atom is 0.145 e. The maximum atomic E-state index is 6.03. The molecule has 0 N–H and O–H groups in total. The third kappa shape index (κ3) is 3.71. The van der Waals surface area contributed by atoms with Gasteiger partial charge in [-0.15, -0.1) is 23.4 Å². The van der Waals surface area contributed by atoms with Crippen LogP contribution in [0.15, 0.2) is 0 Å². The fourth-order valence-corrected chi connectivity index (χ4v) is 3.92. The molecule has 0 radical (unpaired) electrons. The third-order valence-corrected chi connectivity index (χ3v) is 6.62. The predicted octanol–water partition coefficient (Wildman–Crippen LogP) is 3.22. The van der Waals surface area contributed by atoms with Gasteiger partial charge in [0.1, 0.15) is 11.8 Å². The zero-order chi connectivity index (χ0) is 9.61. The van der Waals surface area contributed by atoms with Crippen LogP contribution in [0.4, 0.5) is 0 Å². The Hall–Kier alpha value is 0.860. The second kappa shape index (κ2) is 6.33. The van der Waals surface area contributed by atoms with Crippen LogP contribution in [-0.2, 0) is 9.05 Å². The van der Waals surface area contributed by atoms with Gasteiger partial charge < -0.3 is 9.05 Å². The third-order valence-electron chi connectivity index (χ3n) is 1.20. The van der Waals surface area contributed by atoms with Gasteiger partial charge in [0.15, 0.2) is 0 Å². The lowest BCUT2D eigenvalue weighted by Gasteiger charge is -2.26. The molecule has 0 aliphatic rings. The Labute approximate surface area is 84.1 Å². The number of alkyl halides is 1. The average molecular weight is 231 g/mol. The van der Waals surface area contributed by atoms with Crippen LogP contribution in [0.3, 0.4) is 0 Å². The normalized spacial score (nSPS) is 14.7. The van der Waals surface area contributed by atoms with Gasteiger partial charge in [0, 0.05) is 0 Å². The van der Waals surface area contributed by atoms with Crippen molar-refractivity contribution in [2.24, 2.45) is 0 Å². The van der Waals surface area contributed by atoms with Gasteiger partial charge in [0.25, 0.3) is 0 Å². The van der Waals surface area contributed by atoms with Crippen LogP contribution < -0.4 is 0 Å². The molecule has 2 nitrogen and oxygen atoms in total. The summed E-state index contributed by atoms with van der Waals surface area (Å²) in [5.74, 6) is 0. The van der Waals surface area contributed by atoms with E-state index >= 15 is 0 Å². The van der Waals surface area contributed by atoms with E-state index in [0.717, 1.165) is 0 Å².